The predicted octanol–water partition coefficient (Wildman–Crippen LogP) is 20.6. The lowest BCUT2D eigenvalue weighted by atomic mass is 10.0. The van der Waals surface area contributed by atoms with Crippen LogP contribution in [0.25, 0.3) is 0 Å². The number of aliphatic carboxylic acids is 1. The van der Waals surface area contributed by atoms with Crippen LogP contribution < -0.4 is 5.11 Å². The second kappa shape index (κ2) is 65.0. The average Bonchev–Trinajstić information content (AvgIpc) is 3.46. The number of quaternary nitrogens is 1. The quantitative estimate of drug-likeness (QED) is 0.0195. The van der Waals surface area contributed by atoms with Crippen molar-refractivity contribution in [3.05, 3.63) is 60.8 Å². The van der Waals surface area contributed by atoms with Crippen molar-refractivity contribution in [3.63, 3.8) is 0 Å². The molecule has 0 saturated carbocycles. The van der Waals surface area contributed by atoms with Gasteiger partial charge in [0.1, 0.15) is 13.2 Å². The minimum Gasteiger partial charge on any atom is -0.545 e. The molecule has 0 heterocycles. The van der Waals surface area contributed by atoms with E-state index in [4.69, 9.17) is 18.9 Å². The Labute approximate surface area is 514 Å². The number of carbonyl (C=O) groups excluding carboxylic acids is 3. The van der Waals surface area contributed by atoms with Crippen LogP contribution in [0.5, 0.6) is 0 Å². The van der Waals surface area contributed by atoms with Gasteiger partial charge < -0.3 is 33.3 Å². The van der Waals surface area contributed by atoms with Gasteiger partial charge in [0.05, 0.1) is 40.3 Å². The Hall–Kier alpha value is -3.01. The smallest absolute Gasteiger partial charge is 0.306 e. The highest BCUT2D eigenvalue weighted by atomic mass is 16.7. The minimum atomic E-state index is -1.62. The largest absolute Gasteiger partial charge is 0.545 e. The van der Waals surface area contributed by atoms with E-state index < -0.39 is 24.3 Å². The molecule has 0 fully saturated rings. The third-order valence-corrected chi connectivity index (χ3v) is 15.7. The lowest BCUT2D eigenvalue weighted by molar-refractivity contribution is -0.870. The van der Waals surface area contributed by atoms with E-state index in [2.05, 4.69) is 74.6 Å². The molecule has 2 unspecified atom stereocenters. The van der Waals surface area contributed by atoms with Crippen molar-refractivity contribution < 1.29 is 42.9 Å². The third kappa shape index (κ3) is 66.4. The van der Waals surface area contributed by atoms with Gasteiger partial charge in [0.2, 0.25) is 0 Å². The van der Waals surface area contributed by atoms with E-state index in [1.165, 1.54) is 250 Å². The summed E-state index contributed by atoms with van der Waals surface area (Å²) in [7, 11) is 5.94. The lowest BCUT2D eigenvalue weighted by Crippen LogP contribution is -2.44. The van der Waals surface area contributed by atoms with E-state index in [0.29, 0.717) is 23.9 Å². The van der Waals surface area contributed by atoms with Crippen LogP contribution in [0.2, 0.25) is 0 Å². The Balaban J connectivity index is 4.09. The number of carboxylic acid groups (broad SMARTS) is 1. The molecule has 83 heavy (non-hydrogen) atoms. The van der Waals surface area contributed by atoms with Crippen LogP contribution in [-0.4, -0.2) is 82.3 Å². The maximum atomic E-state index is 12.9. The molecule has 0 aliphatic rings. The molecule has 0 aromatic carbocycles. The molecule has 0 aromatic heterocycles. The van der Waals surface area contributed by atoms with Crippen molar-refractivity contribution in [2.24, 2.45) is 0 Å². The van der Waals surface area contributed by atoms with Crippen molar-refractivity contribution in [1.29, 1.82) is 0 Å². The number of esters is 2. The molecule has 0 aliphatic heterocycles. The minimum absolute atomic E-state index is 0.148. The van der Waals surface area contributed by atoms with E-state index in [1.807, 2.05) is 21.1 Å². The van der Waals surface area contributed by atoms with Gasteiger partial charge in [-0.3, -0.25) is 9.59 Å². The molecule has 0 N–H and O–H groups in total. The van der Waals surface area contributed by atoms with Crippen molar-refractivity contribution in [1.82, 2.24) is 0 Å². The van der Waals surface area contributed by atoms with Gasteiger partial charge in [-0.05, 0) is 83.5 Å². The van der Waals surface area contributed by atoms with Gasteiger partial charge in [0.25, 0.3) is 0 Å². The van der Waals surface area contributed by atoms with Gasteiger partial charge in [0, 0.05) is 12.8 Å². The van der Waals surface area contributed by atoms with Crippen molar-refractivity contribution in [2.45, 2.75) is 347 Å². The monoisotopic (exact) mass is 1170 g/mol. The molecule has 9 nitrogen and oxygen atoms in total. The summed E-state index contributed by atoms with van der Waals surface area (Å²) >= 11 is 0. The molecular formula is C74H135NO8. The standard InChI is InChI=1S/C74H135NO8/c1-6-8-10-12-14-16-18-20-22-24-26-28-30-32-34-36-38-40-42-44-46-48-50-52-54-56-58-60-62-64-71(76)81-68-70(69-82-74(73(78)79)80-67-66-75(3,4)5)83-72(77)65-63-61-59-57-55-53-51-49-47-45-43-41-39-37-35-33-31-29-27-25-23-21-19-17-15-13-11-9-7-2/h18-21,24-27,31,33,70,74H,6-17,22-23,28-30,32,34-69H2,1-5H3/b20-18-,21-19-,26-24-,27-25-,33-31-. The van der Waals surface area contributed by atoms with Crippen molar-refractivity contribution in [2.75, 3.05) is 47.5 Å². The number of carboxylic acids is 1. The number of rotatable bonds is 66. The van der Waals surface area contributed by atoms with Crippen LogP contribution in [-0.2, 0) is 33.3 Å². The molecule has 0 aromatic rings. The number of carbonyl (C=O) groups is 3. The fraction of sp³-hybridized carbons (Fsp3) is 0.824. The van der Waals surface area contributed by atoms with Gasteiger partial charge in [0.15, 0.2) is 12.4 Å². The van der Waals surface area contributed by atoms with Crippen molar-refractivity contribution >= 4 is 17.9 Å². The highest BCUT2D eigenvalue weighted by Crippen LogP contribution is 2.18. The fourth-order valence-corrected chi connectivity index (χ4v) is 10.3. The Morgan fingerprint density at radius 1 is 0.361 bits per heavy atom. The molecule has 0 saturated heterocycles. The van der Waals surface area contributed by atoms with E-state index in [1.54, 1.807) is 0 Å². The van der Waals surface area contributed by atoms with Crippen LogP contribution in [0, 0.1) is 0 Å². The summed E-state index contributed by atoms with van der Waals surface area (Å²) in [6, 6.07) is 0. The fourth-order valence-electron chi connectivity index (χ4n) is 10.3. The van der Waals surface area contributed by atoms with E-state index in [-0.39, 0.29) is 32.2 Å². The predicted molar refractivity (Wildman–Crippen MR) is 352 cm³/mol. The zero-order valence-corrected chi connectivity index (χ0v) is 55.3. The summed E-state index contributed by atoms with van der Waals surface area (Å²) in [5.41, 5.74) is 0. The summed E-state index contributed by atoms with van der Waals surface area (Å²) in [5.74, 6) is -2.26. The first-order valence-electron chi connectivity index (χ1n) is 35.4. The zero-order valence-electron chi connectivity index (χ0n) is 55.3. The van der Waals surface area contributed by atoms with E-state index >= 15 is 0 Å². The van der Waals surface area contributed by atoms with Crippen LogP contribution >= 0.6 is 0 Å². The van der Waals surface area contributed by atoms with Gasteiger partial charge in [-0.25, -0.2) is 0 Å². The molecule has 0 rings (SSSR count). The Bertz CT molecular complexity index is 1550. The summed E-state index contributed by atoms with van der Waals surface area (Å²) in [5, 5.41) is 11.8. The van der Waals surface area contributed by atoms with E-state index in [0.717, 1.165) is 51.4 Å². The molecule has 0 radical (unpaired) electrons. The average molecular weight is 1170 g/mol. The van der Waals surface area contributed by atoms with Crippen LogP contribution in [0.4, 0.5) is 0 Å². The van der Waals surface area contributed by atoms with Gasteiger partial charge in [-0.15, -0.1) is 0 Å². The zero-order chi connectivity index (χ0) is 60.5. The SMILES string of the molecule is CCCCCCC/C=C\C/C=C\C/C=C\CCCCCCCCCCCCCCCCC(=O)OC(COC(=O)CCCCCCCCCCCCCCCCCCC/C=C\C/C=C\CCCCCCC)COC(OCC[N+](C)(C)C)C(=O)[O-]. The second-order valence-electron chi connectivity index (χ2n) is 25.2. The summed E-state index contributed by atoms with van der Waals surface area (Å²) in [4.78, 5) is 37.5. The highest BCUT2D eigenvalue weighted by molar-refractivity contribution is 5.70. The Morgan fingerprint density at radius 3 is 0.964 bits per heavy atom. The first-order chi connectivity index (χ1) is 40.6. The maximum Gasteiger partial charge on any atom is 0.306 e. The summed E-state index contributed by atoms with van der Waals surface area (Å²) < 4.78 is 22.8. The first-order valence-corrected chi connectivity index (χ1v) is 35.4. The van der Waals surface area contributed by atoms with Gasteiger partial charge in [-0.1, -0.05) is 299 Å². The van der Waals surface area contributed by atoms with Gasteiger partial charge >= 0.3 is 11.9 Å². The topological polar surface area (TPSA) is 111 Å². The number of hydrogen-bond acceptors (Lipinski definition) is 8. The molecule has 0 amide bonds. The van der Waals surface area contributed by atoms with Crippen LogP contribution in [0.3, 0.4) is 0 Å². The molecule has 0 aliphatic carbocycles. The number of unbranched alkanes of at least 4 members (excludes halogenated alkanes) is 41. The Kier molecular flexibility index (Phi) is 62.6. The van der Waals surface area contributed by atoms with Crippen molar-refractivity contribution in [3.8, 4) is 0 Å². The number of hydrogen-bond donors (Lipinski definition) is 0. The lowest BCUT2D eigenvalue weighted by Gasteiger charge is -2.26. The number of ether oxygens (including phenoxy) is 4. The molecule has 2 atom stereocenters. The molecule has 9 heteroatoms. The molecule has 484 valence electrons. The first kappa shape index (κ1) is 80.0. The Morgan fingerprint density at radius 2 is 0.651 bits per heavy atom. The molecular weight excluding hydrogens is 1030 g/mol. The summed E-state index contributed by atoms with van der Waals surface area (Å²) in [6.45, 7) is 4.77. The third-order valence-electron chi connectivity index (χ3n) is 15.7. The summed E-state index contributed by atoms with van der Waals surface area (Å²) in [6.07, 6.45) is 81.6. The molecule has 0 spiro atoms. The number of allylic oxidation sites excluding steroid dienone is 10. The second-order valence-corrected chi connectivity index (χ2v) is 25.2. The van der Waals surface area contributed by atoms with Crippen LogP contribution in [0.15, 0.2) is 60.8 Å². The number of likely N-dealkylation sites (N-methyl/N-ethyl adjacent to an activating group) is 1. The highest BCUT2D eigenvalue weighted by Gasteiger charge is 2.22. The van der Waals surface area contributed by atoms with Gasteiger partial charge in [-0.2, -0.15) is 0 Å². The van der Waals surface area contributed by atoms with E-state index in [9.17, 15) is 19.5 Å². The number of nitrogens with zero attached hydrogens (tertiary/aromatic N) is 1. The van der Waals surface area contributed by atoms with Crippen LogP contribution in [0.1, 0.15) is 335 Å². The maximum absolute atomic E-state index is 12.9. The molecule has 0 bridgehead atoms. The normalized spacial score (nSPS) is 13.0.